The van der Waals surface area contributed by atoms with Crippen LogP contribution in [-0.2, 0) is 4.79 Å². The molecule has 0 unspecified atom stereocenters. The maximum absolute atomic E-state index is 11.7. The lowest BCUT2D eigenvalue weighted by Crippen LogP contribution is -2.45. The van der Waals surface area contributed by atoms with E-state index in [9.17, 15) is 4.79 Å². The average molecular weight is 370 g/mol. The number of nitrogens with zero attached hydrogens (tertiary/aromatic N) is 2. The summed E-state index contributed by atoms with van der Waals surface area (Å²) in [4.78, 5) is 17.6. The van der Waals surface area contributed by atoms with E-state index in [0.717, 1.165) is 13.1 Å². The number of guanidine groups is 1. The third-order valence-corrected chi connectivity index (χ3v) is 2.23. The van der Waals surface area contributed by atoms with Crippen molar-refractivity contribution in [3.8, 4) is 0 Å². The smallest absolute Gasteiger partial charge is 0.224 e. The molecule has 1 amide bonds. The Bertz CT molecular complexity index is 270. The normalized spacial score (nSPS) is 11.7. The van der Waals surface area contributed by atoms with Crippen LogP contribution in [0.2, 0.25) is 0 Å². The number of carbonyl (C=O) groups is 1. The van der Waals surface area contributed by atoms with Crippen molar-refractivity contribution in [2.24, 2.45) is 10.7 Å². The first kappa shape index (κ1) is 19.8. The predicted molar refractivity (Wildman–Crippen MR) is 87.3 cm³/mol. The van der Waals surface area contributed by atoms with Crippen LogP contribution in [-0.4, -0.2) is 41.9 Å². The van der Waals surface area contributed by atoms with E-state index in [2.05, 4.69) is 10.3 Å². The van der Waals surface area contributed by atoms with E-state index in [1.54, 1.807) is 4.90 Å². The van der Waals surface area contributed by atoms with Gasteiger partial charge in [0.05, 0.1) is 6.54 Å². The molecule has 0 rings (SSSR count). The van der Waals surface area contributed by atoms with Crippen LogP contribution >= 0.6 is 24.0 Å². The van der Waals surface area contributed by atoms with Gasteiger partial charge in [0.25, 0.3) is 0 Å². The molecule has 0 aromatic heterocycles. The summed E-state index contributed by atoms with van der Waals surface area (Å²) < 4.78 is 0. The zero-order chi connectivity index (χ0) is 13.5. The second-order valence-electron chi connectivity index (χ2n) is 4.96. The number of aliphatic imine (C=N–C) groups is 1. The quantitative estimate of drug-likeness (QED) is 0.439. The number of carbonyl (C=O) groups excluding carboxylic acids is 1. The number of hydrogen-bond acceptors (Lipinski definition) is 2. The number of nitrogens with one attached hydrogen (secondary N) is 1. The molecule has 0 fully saturated rings. The lowest BCUT2D eigenvalue weighted by molar-refractivity contribution is -0.130. The minimum atomic E-state index is -0.101. The van der Waals surface area contributed by atoms with Crippen molar-refractivity contribution in [2.45, 2.75) is 46.6 Å². The van der Waals surface area contributed by atoms with Crippen LogP contribution in [0.15, 0.2) is 4.99 Å². The molecule has 0 atom stereocenters. The minimum absolute atomic E-state index is 0. The fourth-order valence-electron chi connectivity index (χ4n) is 1.43. The van der Waals surface area contributed by atoms with Crippen molar-refractivity contribution in [1.82, 2.24) is 10.2 Å². The Hall–Kier alpha value is -0.530. The zero-order valence-electron chi connectivity index (χ0n) is 12.1. The highest BCUT2D eigenvalue weighted by Crippen LogP contribution is 1.98. The van der Waals surface area contributed by atoms with Crippen LogP contribution in [0.25, 0.3) is 0 Å². The fraction of sp³-hybridized carbons (Fsp3) is 0.833. The highest BCUT2D eigenvalue weighted by atomic mass is 127. The van der Waals surface area contributed by atoms with Crippen molar-refractivity contribution >= 4 is 35.8 Å². The summed E-state index contributed by atoms with van der Waals surface area (Å²) in [6, 6.07) is 0. The molecular formula is C12H27IN4O. The SMILES string of the molecule is CCN(CC)C(=O)CCN=C(N)NC(C)(C)C.I. The van der Waals surface area contributed by atoms with Gasteiger partial charge in [-0.15, -0.1) is 24.0 Å². The van der Waals surface area contributed by atoms with E-state index in [0.29, 0.717) is 18.9 Å². The molecule has 3 N–H and O–H groups in total. The number of nitrogens with two attached hydrogens (primary N) is 1. The van der Waals surface area contributed by atoms with E-state index in [1.165, 1.54) is 0 Å². The van der Waals surface area contributed by atoms with Crippen molar-refractivity contribution in [3.63, 3.8) is 0 Å². The average Bonchev–Trinajstić information content (AvgIpc) is 2.16. The molecule has 18 heavy (non-hydrogen) atoms. The Morgan fingerprint density at radius 3 is 2.17 bits per heavy atom. The van der Waals surface area contributed by atoms with Crippen LogP contribution in [0, 0.1) is 0 Å². The Morgan fingerprint density at radius 1 is 1.28 bits per heavy atom. The van der Waals surface area contributed by atoms with Crippen molar-refractivity contribution in [3.05, 3.63) is 0 Å². The summed E-state index contributed by atoms with van der Waals surface area (Å²) in [5.74, 6) is 0.521. The maximum atomic E-state index is 11.7. The minimum Gasteiger partial charge on any atom is -0.370 e. The molecule has 0 bridgehead atoms. The molecule has 0 aliphatic carbocycles. The molecule has 0 saturated carbocycles. The standard InChI is InChI=1S/C12H26N4O.HI/c1-6-16(7-2)10(17)8-9-14-11(13)15-12(3,4)5;/h6-9H2,1-5H3,(H3,13,14,15);1H. The summed E-state index contributed by atoms with van der Waals surface area (Å²) in [5.41, 5.74) is 5.60. The second-order valence-corrected chi connectivity index (χ2v) is 4.96. The topological polar surface area (TPSA) is 70.7 Å². The largest absolute Gasteiger partial charge is 0.370 e. The van der Waals surface area contributed by atoms with Gasteiger partial charge < -0.3 is 16.0 Å². The van der Waals surface area contributed by atoms with Crippen LogP contribution in [0.5, 0.6) is 0 Å². The molecular weight excluding hydrogens is 343 g/mol. The first-order valence-electron chi connectivity index (χ1n) is 6.16. The third-order valence-electron chi connectivity index (χ3n) is 2.23. The fourth-order valence-corrected chi connectivity index (χ4v) is 1.43. The molecule has 0 spiro atoms. The van der Waals surface area contributed by atoms with Gasteiger partial charge in [0, 0.05) is 25.0 Å². The Balaban J connectivity index is 0. The number of halogens is 1. The lowest BCUT2D eigenvalue weighted by atomic mass is 10.1. The van der Waals surface area contributed by atoms with Gasteiger partial charge in [0.15, 0.2) is 5.96 Å². The molecule has 0 heterocycles. The zero-order valence-corrected chi connectivity index (χ0v) is 14.4. The van der Waals surface area contributed by atoms with Gasteiger partial charge in [0.1, 0.15) is 0 Å². The molecule has 0 aromatic carbocycles. The van der Waals surface area contributed by atoms with Crippen LogP contribution in [0.4, 0.5) is 0 Å². The van der Waals surface area contributed by atoms with Gasteiger partial charge in [-0.25, -0.2) is 0 Å². The monoisotopic (exact) mass is 370 g/mol. The number of rotatable bonds is 5. The first-order chi connectivity index (χ1) is 7.80. The van der Waals surface area contributed by atoms with Crippen LogP contribution in [0.3, 0.4) is 0 Å². The molecule has 0 radical (unpaired) electrons. The van der Waals surface area contributed by atoms with Gasteiger partial charge in [-0.1, -0.05) is 0 Å². The van der Waals surface area contributed by atoms with E-state index in [4.69, 9.17) is 5.73 Å². The molecule has 0 aliphatic rings. The van der Waals surface area contributed by atoms with Gasteiger partial charge in [-0.2, -0.15) is 0 Å². The molecule has 5 nitrogen and oxygen atoms in total. The summed E-state index contributed by atoms with van der Waals surface area (Å²) >= 11 is 0. The second kappa shape index (κ2) is 9.41. The van der Waals surface area contributed by atoms with E-state index >= 15 is 0 Å². The predicted octanol–water partition coefficient (Wildman–Crippen LogP) is 1.57. The van der Waals surface area contributed by atoms with E-state index in [1.807, 2.05) is 34.6 Å². The molecule has 0 aliphatic heterocycles. The molecule has 6 heteroatoms. The van der Waals surface area contributed by atoms with Gasteiger partial charge in [-0.05, 0) is 34.6 Å². The first-order valence-corrected chi connectivity index (χ1v) is 6.16. The van der Waals surface area contributed by atoms with E-state index < -0.39 is 0 Å². The third kappa shape index (κ3) is 9.49. The molecule has 0 aromatic rings. The Labute approximate surface area is 128 Å². The van der Waals surface area contributed by atoms with Crippen molar-refractivity contribution < 1.29 is 4.79 Å². The number of amides is 1. The van der Waals surface area contributed by atoms with Crippen molar-refractivity contribution in [1.29, 1.82) is 0 Å². The van der Waals surface area contributed by atoms with Gasteiger partial charge in [0.2, 0.25) is 5.91 Å². The highest BCUT2D eigenvalue weighted by molar-refractivity contribution is 14.0. The summed E-state index contributed by atoms with van der Waals surface area (Å²) in [7, 11) is 0. The van der Waals surface area contributed by atoms with Crippen molar-refractivity contribution in [2.75, 3.05) is 19.6 Å². The summed E-state index contributed by atoms with van der Waals surface area (Å²) in [6.07, 6.45) is 0.411. The maximum Gasteiger partial charge on any atom is 0.224 e. The summed E-state index contributed by atoms with van der Waals surface area (Å²) in [5, 5.41) is 3.05. The lowest BCUT2D eigenvalue weighted by Gasteiger charge is -2.21. The summed E-state index contributed by atoms with van der Waals surface area (Å²) in [6.45, 7) is 11.9. The molecule has 108 valence electrons. The van der Waals surface area contributed by atoms with Crippen LogP contribution < -0.4 is 11.1 Å². The van der Waals surface area contributed by atoms with Gasteiger partial charge in [-0.3, -0.25) is 9.79 Å². The Kier molecular flexibility index (Phi) is 10.3. The van der Waals surface area contributed by atoms with E-state index in [-0.39, 0.29) is 35.4 Å². The van der Waals surface area contributed by atoms with Crippen LogP contribution in [0.1, 0.15) is 41.0 Å². The van der Waals surface area contributed by atoms with Gasteiger partial charge >= 0.3 is 0 Å². The Morgan fingerprint density at radius 2 is 1.78 bits per heavy atom. The molecule has 0 saturated heterocycles. The highest BCUT2D eigenvalue weighted by Gasteiger charge is 2.11. The number of hydrogen-bond donors (Lipinski definition) is 2.